The SMILES string of the molecule is CCCCCC(C(C)OC(=O)c1ccccc1)C(CCCCC)C(CC)OC(=O)c1ccccc1. The summed E-state index contributed by atoms with van der Waals surface area (Å²) in [4.78, 5) is 25.8. The molecule has 0 N–H and O–H groups in total. The van der Waals surface area contributed by atoms with Crippen LogP contribution < -0.4 is 0 Å². The van der Waals surface area contributed by atoms with Gasteiger partial charge in [0.2, 0.25) is 0 Å². The molecule has 4 heteroatoms. The van der Waals surface area contributed by atoms with Crippen molar-refractivity contribution in [2.45, 2.75) is 97.7 Å². The number of carbonyl (C=O) groups excluding carboxylic acids is 2. The molecule has 0 radical (unpaired) electrons. The van der Waals surface area contributed by atoms with Crippen molar-refractivity contribution in [1.82, 2.24) is 0 Å². The topological polar surface area (TPSA) is 52.6 Å². The van der Waals surface area contributed by atoms with E-state index in [1.54, 1.807) is 24.3 Å². The molecule has 0 fully saturated rings. The van der Waals surface area contributed by atoms with Gasteiger partial charge in [0.05, 0.1) is 11.1 Å². The fourth-order valence-corrected chi connectivity index (χ4v) is 4.88. The minimum atomic E-state index is -0.291. The largest absolute Gasteiger partial charge is 0.459 e. The van der Waals surface area contributed by atoms with Gasteiger partial charge in [0, 0.05) is 11.8 Å². The number of rotatable bonds is 16. The van der Waals surface area contributed by atoms with E-state index in [1.807, 2.05) is 43.3 Å². The van der Waals surface area contributed by atoms with Gasteiger partial charge in [-0.2, -0.15) is 0 Å². The second kappa shape index (κ2) is 16.1. The Morgan fingerprint density at radius 2 is 1.11 bits per heavy atom. The Balaban J connectivity index is 2.26. The van der Waals surface area contributed by atoms with E-state index in [9.17, 15) is 9.59 Å². The Kier molecular flexibility index (Phi) is 13.2. The number of esters is 2. The fraction of sp³-hybridized carbons (Fsp3) is 0.548. The van der Waals surface area contributed by atoms with E-state index in [0.717, 1.165) is 57.8 Å². The predicted octanol–water partition coefficient (Wildman–Crippen LogP) is 8.26. The maximum Gasteiger partial charge on any atom is 0.338 e. The van der Waals surface area contributed by atoms with Crippen molar-refractivity contribution in [3.8, 4) is 0 Å². The van der Waals surface area contributed by atoms with E-state index in [4.69, 9.17) is 9.47 Å². The maximum atomic E-state index is 13.0. The molecule has 0 aliphatic heterocycles. The van der Waals surface area contributed by atoms with Crippen LogP contribution >= 0.6 is 0 Å². The minimum Gasteiger partial charge on any atom is -0.459 e. The van der Waals surface area contributed by atoms with Crippen LogP contribution in [0.25, 0.3) is 0 Å². The first-order valence-electron chi connectivity index (χ1n) is 13.5. The van der Waals surface area contributed by atoms with E-state index < -0.39 is 0 Å². The summed E-state index contributed by atoms with van der Waals surface area (Å²) in [6.45, 7) is 8.49. The van der Waals surface area contributed by atoms with Crippen molar-refractivity contribution in [3.63, 3.8) is 0 Å². The van der Waals surface area contributed by atoms with Crippen molar-refractivity contribution in [2.75, 3.05) is 0 Å². The van der Waals surface area contributed by atoms with Gasteiger partial charge in [-0.1, -0.05) is 95.7 Å². The molecule has 0 aliphatic rings. The van der Waals surface area contributed by atoms with Crippen LogP contribution in [0.2, 0.25) is 0 Å². The summed E-state index contributed by atoms with van der Waals surface area (Å²) in [7, 11) is 0. The number of hydrogen-bond donors (Lipinski definition) is 0. The Hall–Kier alpha value is -2.62. The fourth-order valence-electron chi connectivity index (χ4n) is 4.88. The van der Waals surface area contributed by atoms with Gasteiger partial charge in [0.25, 0.3) is 0 Å². The normalized spacial score (nSPS) is 14.5. The van der Waals surface area contributed by atoms with Crippen molar-refractivity contribution in [3.05, 3.63) is 71.8 Å². The molecule has 0 amide bonds. The lowest BCUT2D eigenvalue weighted by Crippen LogP contribution is -2.38. The van der Waals surface area contributed by atoms with Crippen molar-refractivity contribution in [1.29, 1.82) is 0 Å². The van der Waals surface area contributed by atoms with Gasteiger partial charge in [0.1, 0.15) is 12.2 Å². The molecule has 0 saturated carbocycles. The molecule has 0 saturated heterocycles. The second-order valence-corrected chi connectivity index (χ2v) is 9.51. The molecule has 2 aromatic carbocycles. The molecule has 2 aromatic rings. The van der Waals surface area contributed by atoms with Crippen molar-refractivity contribution < 1.29 is 19.1 Å². The van der Waals surface area contributed by atoms with Crippen LogP contribution in [0.4, 0.5) is 0 Å². The number of carbonyl (C=O) groups is 2. The Bertz CT molecular complexity index is 849. The third-order valence-corrected chi connectivity index (χ3v) is 6.89. The number of unbranched alkanes of at least 4 members (excludes halogenated alkanes) is 4. The van der Waals surface area contributed by atoms with E-state index in [2.05, 4.69) is 20.8 Å². The summed E-state index contributed by atoms with van der Waals surface area (Å²) in [5.74, 6) is -0.311. The molecule has 0 bridgehead atoms. The van der Waals surface area contributed by atoms with Crippen LogP contribution in [-0.2, 0) is 9.47 Å². The molecule has 35 heavy (non-hydrogen) atoms. The molecular formula is C31H44O4. The lowest BCUT2D eigenvalue weighted by atomic mass is 9.77. The summed E-state index contributed by atoms with van der Waals surface area (Å²) in [6.07, 6.45) is 8.84. The molecular weight excluding hydrogens is 436 g/mol. The highest BCUT2D eigenvalue weighted by atomic mass is 16.5. The lowest BCUT2D eigenvalue weighted by molar-refractivity contribution is -0.0348. The number of ether oxygens (including phenoxy) is 2. The van der Waals surface area contributed by atoms with Crippen LogP contribution in [0.3, 0.4) is 0 Å². The highest BCUT2D eigenvalue weighted by Gasteiger charge is 2.35. The first-order chi connectivity index (χ1) is 17.0. The molecule has 192 valence electrons. The average Bonchev–Trinajstić information content (AvgIpc) is 2.89. The summed E-state index contributed by atoms with van der Waals surface area (Å²) in [6, 6.07) is 18.4. The minimum absolute atomic E-state index is 0.125. The van der Waals surface area contributed by atoms with Crippen LogP contribution in [0.15, 0.2) is 60.7 Å². The molecule has 4 atom stereocenters. The third-order valence-electron chi connectivity index (χ3n) is 6.89. The van der Waals surface area contributed by atoms with Gasteiger partial charge in [-0.25, -0.2) is 9.59 Å². The molecule has 0 heterocycles. The van der Waals surface area contributed by atoms with Gasteiger partial charge >= 0.3 is 11.9 Å². The van der Waals surface area contributed by atoms with E-state index in [1.165, 1.54) is 0 Å². The van der Waals surface area contributed by atoms with Crippen LogP contribution in [0.5, 0.6) is 0 Å². The van der Waals surface area contributed by atoms with E-state index >= 15 is 0 Å². The zero-order chi connectivity index (χ0) is 25.5. The zero-order valence-corrected chi connectivity index (χ0v) is 22.1. The number of hydrogen-bond acceptors (Lipinski definition) is 4. The van der Waals surface area contributed by atoms with Crippen LogP contribution in [0.1, 0.15) is 106 Å². The van der Waals surface area contributed by atoms with E-state index in [0.29, 0.717) is 11.1 Å². The second-order valence-electron chi connectivity index (χ2n) is 9.51. The molecule has 0 aromatic heterocycles. The average molecular weight is 481 g/mol. The molecule has 0 spiro atoms. The first-order valence-corrected chi connectivity index (χ1v) is 13.5. The summed E-state index contributed by atoms with van der Waals surface area (Å²) < 4.78 is 12.1. The molecule has 2 rings (SSSR count). The Labute approximate surface area is 212 Å². The highest BCUT2D eigenvalue weighted by Crippen LogP contribution is 2.35. The van der Waals surface area contributed by atoms with Crippen LogP contribution in [0, 0.1) is 11.8 Å². The zero-order valence-electron chi connectivity index (χ0n) is 22.1. The lowest BCUT2D eigenvalue weighted by Gasteiger charge is -2.36. The van der Waals surface area contributed by atoms with Gasteiger partial charge in [-0.05, 0) is 50.5 Å². The molecule has 0 aliphatic carbocycles. The van der Waals surface area contributed by atoms with Gasteiger partial charge < -0.3 is 9.47 Å². The smallest absolute Gasteiger partial charge is 0.338 e. The standard InChI is InChI=1S/C31H44O4/c1-5-8-12-22-27(24(4)34-30(32)25-18-14-10-15-19-25)28(23-13-9-6-2)29(7-3)35-31(33)26-20-16-11-17-21-26/h10-11,14-21,24,27-29H,5-9,12-13,22-23H2,1-4H3. The third kappa shape index (κ3) is 9.51. The quantitative estimate of drug-likeness (QED) is 0.179. The summed E-state index contributed by atoms with van der Waals surface area (Å²) in [5.41, 5.74) is 1.14. The predicted molar refractivity (Wildman–Crippen MR) is 143 cm³/mol. The van der Waals surface area contributed by atoms with Crippen LogP contribution in [-0.4, -0.2) is 24.1 Å². The summed E-state index contributed by atoms with van der Waals surface area (Å²) in [5, 5.41) is 0. The van der Waals surface area contributed by atoms with Crippen molar-refractivity contribution in [2.24, 2.45) is 11.8 Å². The first kappa shape index (κ1) is 28.6. The van der Waals surface area contributed by atoms with Gasteiger partial charge in [0.15, 0.2) is 0 Å². The summed E-state index contributed by atoms with van der Waals surface area (Å²) >= 11 is 0. The molecule has 4 unspecified atom stereocenters. The molecule has 4 nitrogen and oxygen atoms in total. The van der Waals surface area contributed by atoms with Gasteiger partial charge in [-0.3, -0.25) is 0 Å². The maximum absolute atomic E-state index is 13.0. The highest BCUT2D eigenvalue weighted by molar-refractivity contribution is 5.89. The Morgan fingerprint density at radius 3 is 1.57 bits per heavy atom. The number of benzene rings is 2. The van der Waals surface area contributed by atoms with Crippen molar-refractivity contribution >= 4 is 11.9 Å². The van der Waals surface area contributed by atoms with E-state index in [-0.39, 0.29) is 36.0 Å². The monoisotopic (exact) mass is 480 g/mol. The Morgan fingerprint density at radius 1 is 0.657 bits per heavy atom. The van der Waals surface area contributed by atoms with Gasteiger partial charge in [-0.15, -0.1) is 0 Å².